The van der Waals surface area contributed by atoms with Crippen LogP contribution in [0.5, 0.6) is 11.5 Å². The lowest BCUT2D eigenvalue weighted by atomic mass is 10.2. The Kier molecular flexibility index (Phi) is 4.44. The lowest BCUT2D eigenvalue weighted by Gasteiger charge is -2.12. The predicted molar refractivity (Wildman–Crippen MR) is 101 cm³/mol. The molecule has 4 rings (SSSR count). The maximum atomic E-state index is 5.84. The molecule has 0 spiro atoms. The lowest BCUT2D eigenvalue weighted by molar-refractivity contribution is 0.306. The van der Waals surface area contributed by atoms with Gasteiger partial charge in [-0.05, 0) is 43.9 Å². The first-order chi connectivity index (χ1) is 12.3. The Morgan fingerprint density at radius 3 is 2.84 bits per heavy atom. The van der Waals surface area contributed by atoms with Crippen molar-refractivity contribution in [3.05, 3.63) is 40.5 Å². The van der Waals surface area contributed by atoms with Gasteiger partial charge in [0.1, 0.15) is 23.1 Å². The number of aryl methyl sites for hydroxylation is 3. The van der Waals surface area contributed by atoms with Crippen LogP contribution in [0.15, 0.2) is 24.3 Å². The number of thiophene rings is 1. The number of fused-ring (bicyclic) bond motifs is 3. The van der Waals surface area contributed by atoms with Crippen molar-refractivity contribution in [3.63, 3.8) is 0 Å². The Morgan fingerprint density at radius 1 is 1.16 bits per heavy atom. The van der Waals surface area contributed by atoms with E-state index in [4.69, 9.17) is 9.47 Å². The third-order valence-corrected chi connectivity index (χ3v) is 5.58. The standard InChI is InChI=1S/C19H21N3O2S/c1-12-21-18(17-13-6-5-9-16(13)25-19(17)22-12)20-10-11-24-15-8-4-3-7-14(15)23-2/h3-4,7-8H,5-6,9-11H2,1-2H3,(H,20,21,22). The lowest BCUT2D eigenvalue weighted by Crippen LogP contribution is -2.13. The average Bonchev–Trinajstić information content (AvgIpc) is 3.19. The SMILES string of the molecule is COc1ccccc1OCCNc1nc(C)nc2sc3c(c12)CCC3. The quantitative estimate of drug-likeness (QED) is 0.678. The molecule has 25 heavy (non-hydrogen) atoms. The van der Waals surface area contributed by atoms with Crippen molar-refractivity contribution in [1.82, 2.24) is 9.97 Å². The zero-order valence-corrected chi connectivity index (χ0v) is 15.3. The van der Waals surface area contributed by atoms with Crippen LogP contribution in [0.3, 0.4) is 0 Å². The van der Waals surface area contributed by atoms with E-state index in [0.717, 1.165) is 34.4 Å². The average molecular weight is 355 g/mol. The molecule has 1 N–H and O–H groups in total. The summed E-state index contributed by atoms with van der Waals surface area (Å²) in [5, 5.41) is 4.65. The number of methoxy groups -OCH3 is 1. The summed E-state index contributed by atoms with van der Waals surface area (Å²) < 4.78 is 11.1. The van der Waals surface area contributed by atoms with Crippen LogP contribution in [0.4, 0.5) is 5.82 Å². The predicted octanol–water partition coefficient (Wildman–Crippen LogP) is 3.99. The summed E-state index contributed by atoms with van der Waals surface area (Å²) >= 11 is 1.82. The second-order valence-electron chi connectivity index (χ2n) is 6.08. The number of aromatic nitrogens is 2. The Morgan fingerprint density at radius 2 is 2.00 bits per heavy atom. The van der Waals surface area contributed by atoms with Gasteiger partial charge in [-0.3, -0.25) is 0 Å². The van der Waals surface area contributed by atoms with Gasteiger partial charge in [0.25, 0.3) is 0 Å². The number of hydrogen-bond acceptors (Lipinski definition) is 6. The number of ether oxygens (including phenoxy) is 2. The molecule has 0 saturated carbocycles. The second kappa shape index (κ2) is 6.88. The number of benzene rings is 1. The van der Waals surface area contributed by atoms with E-state index in [1.807, 2.05) is 42.5 Å². The normalized spacial score (nSPS) is 13.0. The fourth-order valence-electron chi connectivity index (χ4n) is 3.30. The number of hydrogen-bond donors (Lipinski definition) is 1. The van der Waals surface area contributed by atoms with Gasteiger partial charge in [0, 0.05) is 4.88 Å². The summed E-state index contributed by atoms with van der Waals surface area (Å²) in [4.78, 5) is 11.8. The molecule has 1 aliphatic rings. The van der Waals surface area contributed by atoms with Crippen molar-refractivity contribution in [2.45, 2.75) is 26.2 Å². The second-order valence-corrected chi connectivity index (χ2v) is 7.17. The molecular formula is C19H21N3O2S. The Hall–Kier alpha value is -2.34. The number of rotatable bonds is 6. The molecule has 0 radical (unpaired) electrons. The van der Waals surface area contributed by atoms with Crippen molar-refractivity contribution >= 4 is 27.4 Å². The van der Waals surface area contributed by atoms with Crippen molar-refractivity contribution in [1.29, 1.82) is 0 Å². The summed E-state index contributed by atoms with van der Waals surface area (Å²) in [5.41, 5.74) is 1.44. The van der Waals surface area contributed by atoms with E-state index in [1.165, 1.54) is 28.7 Å². The molecule has 1 aliphatic carbocycles. The van der Waals surface area contributed by atoms with Gasteiger partial charge in [0.2, 0.25) is 0 Å². The maximum Gasteiger partial charge on any atom is 0.161 e. The highest BCUT2D eigenvalue weighted by molar-refractivity contribution is 7.19. The molecule has 0 amide bonds. The van der Waals surface area contributed by atoms with Crippen LogP contribution in [0.1, 0.15) is 22.7 Å². The first kappa shape index (κ1) is 16.1. The minimum absolute atomic E-state index is 0.539. The number of anilines is 1. The molecule has 2 heterocycles. The minimum atomic E-state index is 0.539. The molecule has 1 aromatic carbocycles. The molecule has 0 atom stereocenters. The van der Waals surface area contributed by atoms with Crippen LogP contribution in [0.25, 0.3) is 10.2 Å². The summed E-state index contributed by atoms with van der Waals surface area (Å²) in [7, 11) is 1.65. The van der Waals surface area contributed by atoms with Gasteiger partial charge in [-0.2, -0.15) is 0 Å². The third-order valence-electron chi connectivity index (χ3n) is 4.40. The van der Waals surface area contributed by atoms with Crippen LogP contribution in [-0.4, -0.2) is 30.2 Å². The van der Waals surface area contributed by atoms with Gasteiger partial charge in [0.15, 0.2) is 11.5 Å². The van der Waals surface area contributed by atoms with Crippen LogP contribution < -0.4 is 14.8 Å². The van der Waals surface area contributed by atoms with Crippen molar-refractivity contribution in [2.75, 3.05) is 25.6 Å². The number of nitrogens with zero attached hydrogens (tertiary/aromatic N) is 2. The minimum Gasteiger partial charge on any atom is -0.493 e. The van der Waals surface area contributed by atoms with Crippen molar-refractivity contribution in [3.8, 4) is 11.5 Å². The highest BCUT2D eigenvalue weighted by Crippen LogP contribution is 2.39. The van der Waals surface area contributed by atoms with E-state index < -0.39 is 0 Å². The smallest absolute Gasteiger partial charge is 0.161 e. The van der Waals surface area contributed by atoms with Gasteiger partial charge in [-0.25, -0.2) is 9.97 Å². The topological polar surface area (TPSA) is 56.3 Å². The summed E-state index contributed by atoms with van der Waals surface area (Å²) in [6.45, 7) is 3.16. The first-order valence-electron chi connectivity index (χ1n) is 8.55. The van der Waals surface area contributed by atoms with Crippen molar-refractivity contribution in [2.24, 2.45) is 0 Å². The molecule has 0 fully saturated rings. The molecule has 0 unspecified atom stereocenters. The van der Waals surface area contributed by atoms with Gasteiger partial charge in [-0.15, -0.1) is 11.3 Å². The van der Waals surface area contributed by atoms with E-state index in [-0.39, 0.29) is 0 Å². The van der Waals surface area contributed by atoms with Crippen molar-refractivity contribution < 1.29 is 9.47 Å². The molecule has 0 saturated heterocycles. The third kappa shape index (κ3) is 3.14. The largest absolute Gasteiger partial charge is 0.493 e. The molecule has 130 valence electrons. The molecule has 2 aromatic heterocycles. The Bertz CT molecular complexity index is 907. The van der Waals surface area contributed by atoms with Gasteiger partial charge in [0.05, 0.1) is 19.0 Å². The highest BCUT2D eigenvalue weighted by Gasteiger charge is 2.21. The van der Waals surface area contributed by atoms with Crippen LogP contribution in [0, 0.1) is 6.92 Å². The van der Waals surface area contributed by atoms with Crippen LogP contribution in [0.2, 0.25) is 0 Å². The zero-order chi connectivity index (χ0) is 17.2. The van der Waals surface area contributed by atoms with E-state index in [1.54, 1.807) is 7.11 Å². The highest BCUT2D eigenvalue weighted by atomic mass is 32.1. The van der Waals surface area contributed by atoms with Gasteiger partial charge >= 0.3 is 0 Å². The summed E-state index contributed by atoms with van der Waals surface area (Å²) in [6.07, 6.45) is 3.54. The Balaban J connectivity index is 1.48. The molecular weight excluding hydrogens is 334 g/mol. The molecule has 0 bridgehead atoms. The van der Waals surface area contributed by atoms with E-state index in [2.05, 4.69) is 15.3 Å². The van der Waals surface area contributed by atoms with E-state index in [0.29, 0.717) is 13.2 Å². The Labute approximate surface area is 151 Å². The van der Waals surface area contributed by atoms with Crippen LogP contribution >= 0.6 is 11.3 Å². The fourth-order valence-corrected chi connectivity index (χ4v) is 4.61. The zero-order valence-electron chi connectivity index (χ0n) is 14.5. The number of para-hydroxylation sites is 2. The van der Waals surface area contributed by atoms with Gasteiger partial charge < -0.3 is 14.8 Å². The summed E-state index contributed by atoms with van der Waals surface area (Å²) in [6, 6.07) is 7.69. The molecule has 5 nitrogen and oxygen atoms in total. The van der Waals surface area contributed by atoms with Crippen LogP contribution in [-0.2, 0) is 12.8 Å². The van der Waals surface area contributed by atoms with Gasteiger partial charge in [-0.1, -0.05) is 12.1 Å². The fraction of sp³-hybridized carbons (Fsp3) is 0.368. The molecule has 6 heteroatoms. The first-order valence-corrected chi connectivity index (χ1v) is 9.36. The summed E-state index contributed by atoms with van der Waals surface area (Å²) in [5.74, 6) is 3.25. The molecule has 0 aliphatic heterocycles. The van der Waals surface area contributed by atoms with E-state index in [9.17, 15) is 0 Å². The molecule has 3 aromatic rings. The monoisotopic (exact) mass is 355 g/mol. The van der Waals surface area contributed by atoms with E-state index >= 15 is 0 Å². The maximum absolute atomic E-state index is 5.84. The number of nitrogens with one attached hydrogen (secondary N) is 1.